The van der Waals surface area contributed by atoms with E-state index in [1.807, 2.05) is 78.9 Å². The first kappa shape index (κ1) is 25.5. The van der Waals surface area contributed by atoms with Crippen molar-refractivity contribution in [2.75, 3.05) is 20.8 Å². The van der Waals surface area contributed by atoms with Crippen LogP contribution in [-0.2, 0) is 21.0 Å². The summed E-state index contributed by atoms with van der Waals surface area (Å²) in [5.41, 5.74) is 4.23. The van der Waals surface area contributed by atoms with E-state index in [0.29, 0.717) is 23.8 Å². The number of methoxy groups -OCH3 is 1. The summed E-state index contributed by atoms with van der Waals surface area (Å²) in [6.07, 6.45) is 1.66. The van der Waals surface area contributed by atoms with Crippen LogP contribution in [0.5, 0.6) is 11.5 Å². The Labute approximate surface area is 215 Å². The third-order valence-electron chi connectivity index (χ3n) is 5.71. The van der Waals surface area contributed by atoms with Crippen LogP contribution in [0.3, 0.4) is 0 Å². The molecule has 4 aromatic rings. The molecule has 0 bridgehead atoms. The van der Waals surface area contributed by atoms with E-state index in [2.05, 4.69) is 10.3 Å². The van der Waals surface area contributed by atoms with Gasteiger partial charge in [0.1, 0.15) is 43.8 Å². The minimum Gasteiger partial charge on any atom is -0.489 e. The molecule has 37 heavy (non-hydrogen) atoms. The third kappa shape index (κ3) is 7.20. The lowest BCUT2D eigenvalue weighted by molar-refractivity contribution is -0.140. The Morgan fingerprint density at radius 3 is 2.24 bits per heavy atom. The highest BCUT2D eigenvalue weighted by atomic mass is 16.6. The Morgan fingerprint density at radius 2 is 1.59 bits per heavy atom. The third-order valence-corrected chi connectivity index (χ3v) is 5.71. The standard InChI is InChI=1S/C29H28N2O6/c1-33-29(32)18-26(27-16-17-37-31-27)22-10-14-25(15-11-22)35-19-21-8-12-24(13-9-21)36-20-28(30-34-2)23-6-4-3-5-7-23/h3-17,26H,18-20H2,1-2H3/b30-28+. The summed E-state index contributed by atoms with van der Waals surface area (Å²) in [4.78, 5) is 16.8. The fraction of sp³-hybridized carbons (Fsp3) is 0.207. The molecule has 1 unspecified atom stereocenters. The molecule has 8 nitrogen and oxygen atoms in total. The van der Waals surface area contributed by atoms with Gasteiger partial charge in [0.2, 0.25) is 0 Å². The fourth-order valence-corrected chi connectivity index (χ4v) is 3.74. The lowest BCUT2D eigenvalue weighted by Gasteiger charge is -2.14. The topological polar surface area (TPSA) is 92.4 Å². The smallest absolute Gasteiger partial charge is 0.306 e. The maximum atomic E-state index is 11.9. The van der Waals surface area contributed by atoms with E-state index in [9.17, 15) is 4.79 Å². The van der Waals surface area contributed by atoms with Gasteiger partial charge in [-0.05, 0) is 35.4 Å². The van der Waals surface area contributed by atoms with Crippen molar-refractivity contribution in [3.05, 3.63) is 114 Å². The van der Waals surface area contributed by atoms with Crippen LogP contribution < -0.4 is 9.47 Å². The zero-order valence-corrected chi connectivity index (χ0v) is 20.7. The number of hydrogen-bond donors (Lipinski definition) is 0. The highest BCUT2D eigenvalue weighted by Crippen LogP contribution is 2.29. The molecule has 0 saturated carbocycles. The molecule has 4 rings (SSSR count). The molecule has 0 saturated heterocycles. The van der Waals surface area contributed by atoms with Gasteiger partial charge in [-0.1, -0.05) is 64.9 Å². The summed E-state index contributed by atoms with van der Waals surface area (Å²) in [7, 11) is 2.89. The van der Waals surface area contributed by atoms with E-state index >= 15 is 0 Å². The second-order valence-corrected chi connectivity index (χ2v) is 8.13. The van der Waals surface area contributed by atoms with Gasteiger partial charge in [0.05, 0.1) is 19.2 Å². The van der Waals surface area contributed by atoms with Gasteiger partial charge >= 0.3 is 5.97 Å². The van der Waals surface area contributed by atoms with Crippen LogP contribution in [0.1, 0.15) is 34.7 Å². The normalized spacial score (nSPS) is 12.0. The molecule has 190 valence electrons. The molecule has 1 heterocycles. The highest BCUT2D eigenvalue weighted by Gasteiger charge is 2.21. The monoisotopic (exact) mass is 500 g/mol. The molecule has 0 aliphatic rings. The summed E-state index contributed by atoms with van der Waals surface area (Å²) in [6, 6.07) is 26.8. The van der Waals surface area contributed by atoms with Crippen LogP contribution in [0.4, 0.5) is 0 Å². The Kier molecular flexibility index (Phi) is 8.91. The predicted octanol–water partition coefficient (Wildman–Crippen LogP) is 5.38. The number of benzene rings is 3. The molecule has 1 atom stereocenters. The number of carbonyl (C=O) groups excluding carboxylic acids is 1. The lowest BCUT2D eigenvalue weighted by Crippen LogP contribution is -2.13. The van der Waals surface area contributed by atoms with Crippen molar-refractivity contribution in [2.45, 2.75) is 18.9 Å². The number of oxime groups is 1. The van der Waals surface area contributed by atoms with E-state index in [1.165, 1.54) is 20.5 Å². The first-order valence-corrected chi connectivity index (χ1v) is 11.7. The first-order valence-electron chi connectivity index (χ1n) is 11.7. The molecule has 0 N–H and O–H groups in total. The molecule has 1 aromatic heterocycles. The zero-order valence-electron chi connectivity index (χ0n) is 20.7. The number of aromatic nitrogens is 1. The first-order chi connectivity index (χ1) is 18.2. The van der Waals surface area contributed by atoms with Gasteiger partial charge in [-0.2, -0.15) is 0 Å². The van der Waals surface area contributed by atoms with Crippen LogP contribution >= 0.6 is 0 Å². The van der Waals surface area contributed by atoms with Crippen molar-refractivity contribution in [3.8, 4) is 11.5 Å². The summed E-state index contributed by atoms with van der Waals surface area (Å²) in [5, 5.41) is 8.08. The van der Waals surface area contributed by atoms with Crippen LogP contribution in [0.25, 0.3) is 0 Å². The molecule has 0 amide bonds. The molecule has 0 aliphatic carbocycles. The van der Waals surface area contributed by atoms with Gasteiger partial charge in [0.25, 0.3) is 0 Å². The molecule has 0 aliphatic heterocycles. The van der Waals surface area contributed by atoms with Crippen LogP contribution in [0.15, 0.2) is 101 Å². The van der Waals surface area contributed by atoms with Crippen molar-refractivity contribution < 1.29 is 28.4 Å². The lowest BCUT2D eigenvalue weighted by atomic mass is 9.92. The maximum Gasteiger partial charge on any atom is 0.306 e. The molecule has 0 fully saturated rings. The summed E-state index contributed by atoms with van der Waals surface area (Å²) in [6.45, 7) is 0.681. The number of rotatable bonds is 12. The maximum absolute atomic E-state index is 11.9. The van der Waals surface area contributed by atoms with Gasteiger partial charge in [0.15, 0.2) is 0 Å². The number of nitrogens with zero attached hydrogens (tertiary/aromatic N) is 2. The minimum atomic E-state index is -0.317. The number of esters is 1. The molecule has 0 radical (unpaired) electrons. The van der Waals surface area contributed by atoms with E-state index in [1.54, 1.807) is 6.07 Å². The summed E-state index contributed by atoms with van der Waals surface area (Å²) in [5.74, 6) is 0.855. The summed E-state index contributed by atoms with van der Waals surface area (Å²) >= 11 is 0. The second kappa shape index (κ2) is 12.9. The Bertz CT molecular complexity index is 1270. The molecule has 0 spiro atoms. The van der Waals surface area contributed by atoms with Gasteiger partial charge in [-0.15, -0.1) is 0 Å². The number of ether oxygens (including phenoxy) is 3. The van der Waals surface area contributed by atoms with E-state index in [0.717, 1.165) is 22.4 Å². The largest absolute Gasteiger partial charge is 0.489 e. The van der Waals surface area contributed by atoms with Crippen molar-refractivity contribution >= 4 is 11.7 Å². The molecular formula is C29H28N2O6. The minimum absolute atomic E-state index is 0.168. The highest BCUT2D eigenvalue weighted by molar-refractivity contribution is 6.01. The van der Waals surface area contributed by atoms with Crippen molar-refractivity contribution in [1.82, 2.24) is 5.16 Å². The van der Waals surface area contributed by atoms with Gasteiger partial charge in [-0.25, -0.2) is 0 Å². The molecule has 8 heteroatoms. The van der Waals surface area contributed by atoms with E-state index in [4.69, 9.17) is 23.6 Å². The quantitative estimate of drug-likeness (QED) is 0.147. The second-order valence-electron chi connectivity index (χ2n) is 8.13. The van der Waals surface area contributed by atoms with E-state index in [-0.39, 0.29) is 24.9 Å². The van der Waals surface area contributed by atoms with Crippen molar-refractivity contribution in [3.63, 3.8) is 0 Å². The average molecular weight is 501 g/mol. The predicted molar refractivity (Wildman–Crippen MR) is 138 cm³/mol. The SMILES string of the molecule is CO/N=C(\COc1ccc(COc2ccc(C(CC(=O)OC)c3ccon3)cc2)cc1)c1ccccc1. The zero-order chi connectivity index (χ0) is 25.9. The summed E-state index contributed by atoms with van der Waals surface area (Å²) < 4.78 is 21.6. The van der Waals surface area contributed by atoms with E-state index < -0.39 is 0 Å². The van der Waals surface area contributed by atoms with Gasteiger partial charge < -0.3 is 23.6 Å². The molecule has 3 aromatic carbocycles. The van der Waals surface area contributed by atoms with Crippen molar-refractivity contribution in [1.29, 1.82) is 0 Å². The number of hydrogen-bond acceptors (Lipinski definition) is 8. The van der Waals surface area contributed by atoms with Crippen LogP contribution in [-0.4, -0.2) is 37.7 Å². The van der Waals surface area contributed by atoms with Gasteiger partial charge in [-0.3, -0.25) is 4.79 Å². The Hall–Kier alpha value is -4.59. The van der Waals surface area contributed by atoms with Crippen molar-refractivity contribution in [2.24, 2.45) is 5.16 Å². The fourth-order valence-electron chi connectivity index (χ4n) is 3.74. The Morgan fingerprint density at radius 1 is 0.892 bits per heavy atom. The Balaban J connectivity index is 1.32. The van der Waals surface area contributed by atoms with Gasteiger partial charge in [0, 0.05) is 17.5 Å². The number of carbonyl (C=O) groups is 1. The van der Waals surface area contributed by atoms with Crippen LogP contribution in [0, 0.1) is 0 Å². The van der Waals surface area contributed by atoms with Crippen LogP contribution in [0.2, 0.25) is 0 Å². The average Bonchev–Trinajstić information content (AvgIpc) is 3.49. The molecular weight excluding hydrogens is 472 g/mol.